The molecule has 192 valence electrons. The highest BCUT2D eigenvalue weighted by Crippen LogP contribution is 2.49. The SMILES string of the molecule is c1ccc(N(c2ccc(-c3ccc4c5c(cccc35)-c3ccccc3-4)cc2)c2cccc(-c3ccccn3)c2)cc1. The number of anilines is 3. The van der Waals surface area contributed by atoms with Crippen LogP contribution in [0.2, 0.25) is 0 Å². The zero-order chi connectivity index (χ0) is 27.2. The quantitative estimate of drug-likeness (QED) is 0.223. The Kier molecular flexibility index (Phi) is 5.49. The van der Waals surface area contributed by atoms with Crippen molar-refractivity contribution in [3.05, 3.63) is 158 Å². The van der Waals surface area contributed by atoms with Gasteiger partial charge in [-0.2, -0.15) is 0 Å². The maximum Gasteiger partial charge on any atom is 0.0702 e. The second-order valence-corrected chi connectivity index (χ2v) is 10.4. The van der Waals surface area contributed by atoms with E-state index in [1.54, 1.807) is 0 Å². The van der Waals surface area contributed by atoms with Gasteiger partial charge in [0.2, 0.25) is 0 Å². The molecule has 0 amide bonds. The topological polar surface area (TPSA) is 16.1 Å². The van der Waals surface area contributed by atoms with E-state index < -0.39 is 0 Å². The molecule has 0 atom stereocenters. The predicted molar refractivity (Wildman–Crippen MR) is 172 cm³/mol. The van der Waals surface area contributed by atoms with Gasteiger partial charge in [-0.1, -0.05) is 103 Å². The van der Waals surface area contributed by atoms with Crippen LogP contribution in [0.5, 0.6) is 0 Å². The highest BCUT2D eigenvalue weighted by molar-refractivity contribution is 6.18. The molecule has 0 saturated heterocycles. The minimum Gasteiger partial charge on any atom is -0.310 e. The molecule has 0 spiro atoms. The van der Waals surface area contributed by atoms with E-state index in [1.807, 2.05) is 18.3 Å². The first kappa shape index (κ1) is 23.4. The summed E-state index contributed by atoms with van der Waals surface area (Å²) in [5.41, 5.74) is 13.1. The molecule has 0 bridgehead atoms. The summed E-state index contributed by atoms with van der Waals surface area (Å²) in [6, 6.07) is 54.1. The summed E-state index contributed by atoms with van der Waals surface area (Å²) in [5, 5.41) is 2.65. The van der Waals surface area contributed by atoms with Crippen molar-refractivity contribution in [3.63, 3.8) is 0 Å². The van der Waals surface area contributed by atoms with Crippen molar-refractivity contribution < 1.29 is 0 Å². The highest BCUT2D eigenvalue weighted by atomic mass is 15.1. The Morgan fingerprint density at radius 2 is 1.02 bits per heavy atom. The van der Waals surface area contributed by atoms with E-state index in [4.69, 9.17) is 0 Å². The summed E-state index contributed by atoms with van der Waals surface area (Å²) < 4.78 is 0. The first-order valence-electron chi connectivity index (χ1n) is 14.0. The first-order valence-corrected chi connectivity index (χ1v) is 14.0. The number of fused-ring (bicyclic) bond motifs is 3. The average Bonchev–Trinajstić information content (AvgIpc) is 3.38. The molecule has 0 N–H and O–H groups in total. The normalized spacial score (nSPS) is 11.4. The number of rotatable bonds is 5. The van der Waals surface area contributed by atoms with Crippen molar-refractivity contribution in [1.29, 1.82) is 0 Å². The number of para-hydroxylation sites is 1. The van der Waals surface area contributed by atoms with Crippen LogP contribution < -0.4 is 4.90 Å². The largest absolute Gasteiger partial charge is 0.310 e. The van der Waals surface area contributed by atoms with E-state index in [0.717, 1.165) is 28.3 Å². The van der Waals surface area contributed by atoms with Crippen LogP contribution in [0.25, 0.3) is 55.4 Å². The zero-order valence-corrected chi connectivity index (χ0v) is 22.4. The maximum absolute atomic E-state index is 4.58. The van der Waals surface area contributed by atoms with Crippen LogP contribution in [0.15, 0.2) is 158 Å². The van der Waals surface area contributed by atoms with E-state index in [-0.39, 0.29) is 0 Å². The molecule has 1 heterocycles. The van der Waals surface area contributed by atoms with Crippen LogP contribution in [-0.4, -0.2) is 4.98 Å². The van der Waals surface area contributed by atoms with Gasteiger partial charge in [-0.05, 0) is 92.7 Å². The molecule has 0 unspecified atom stereocenters. The molecular formula is C39H26N2. The van der Waals surface area contributed by atoms with E-state index >= 15 is 0 Å². The monoisotopic (exact) mass is 522 g/mol. The van der Waals surface area contributed by atoms with Gasteiger partial charge in [-0.25, -0.2) is 0 Å². The molecule has 1 aliphatic carbocycles. The third kappa shape index (κ3) is 3.92. The first-order chi connectivity index (χ1) is 20.3. The van der Waals surface area contributed by atoms with Gasteiger partial charge in [0.15, 0.2) is 0 Å². The van der Waals surface area contributed by atoms with E-state index in [2.05, 4.69) is 149 Å². The van der Waals surface area contributed by atoms with Crippen molar-refractivity contribution in [2.75, 3.05) is 4.90 Å². The summed E-state index contributed by atoms with van der Waals surface area (Å²) in [6.07, 6.45) is 1.84. The van der Waals surface area contributed by atoms with Gasteiger partial charge in [0.25, 0.3) is 0 Å². The van der Waals surface area contributed by atoms with Crippen molar-refractivity contribution in [2.24, 2.45) is 0 Å². The lowest BCUT2D eigenvalue weighted by atomic mass is 9.94. The molecule has 2 heteroatoms. The number of benzene rings is 6. The van der Waals surface area contributed by atoms with Crippen LogP contribution in [-0.2, 0) is 0 Å². The second kappa shape index (κ2) is 9.62. The molecule has 0 fully saturated rings. The third-order valence-corrected chi connectivity index (χ3v) is 8.06. The van der Waals surface area contributed by atoms with Gasteiger partial charge in [-0.3, -0.25) is 4.98 Å². The molecule has 0 aliphatic heterocycles. The van der Waals surface area contributed by atoms with Crippen molar-refractivity contribution in [2.45, 2.75) is 0 Å². The van der Waals surface area contributed by atoms with Crippen LogP contribution in [0, 0.1) is 0 Å². The lowest BCUT2D eigenvalue weighted by molar-refractivity contribution is 1.27. The fourth-order valence-corrected chi connectivity index (χ4v) is 6.21. The minimum absolute atomic E-state index is 0.965. The number of nitrogens with zero attached hydrogens (tertiary/aromatic N) is 2. The summed E-state index contributed by atoms with van der Waals surface area (Å²) in [6.45, 7) is 0. The lowest BCUT2D eigenvalue weighted by Gasteiger charge is -2.26. The highest BCUT2D eigenvalue weighted by Gasteiger charge is 2.22. The Balaban J connectivity index is 1.22. The average molecular weight is 523 g/mol. The maximum atomic E-state index is 4.58. The van der Waals surface area contributed by atoms with Crippen LogP contribution in [0.3, 0.4) is 0 Å². The summed E-state index contributed by atoms with van der Waals surface area (Å²) >= 11 is 0. The Bertz CT molecular complexity index is 2000. The standard InChI is InChI=1S/C39H26N2/c1-2-11-29(12-3-1)41(31-13-8-10-28(26-31)38-18-6-7-25-40-38)30-21-19-27(20-22-30)32-23-24-37-34-15-5-4-14-33(34)36-17-9-16-35(32)39(36)37/h1-26H. The smallest absolute Gasteiger partial charge is 0.0702 e. The number of pyridine rings is 1. The number of aromatic nitrogens is 1. The fraction of sp³-hybridized carbons (Fsp3) is 0. The van der Waals surface area contributed by atoms with Gasteiger partial charge >= 0.3 is 0 Å². The molecule has 0 saturated carbocycles. The number of hydrogen-bond acceptors (Lipinski definition) is 2. The Morgan fingerprint density at radius 3 is 1.80 bits per heavy atom. The van der Waals surface area contributed by atoms with Crippen molar-refractivity contribution in [1.82, 2.24) is 4.98 Å². The Morgan fingerprint density at radius 1 is 0.390 bits per heavy atom. The van der Waals surface area contributed by atoms with Crippen molar-refractivity contribution in [3.8, 4) is 44.6 Å². The summed E-state index contributed by atoms with van der Waals surface area (Å²) in [5.74, 6) is 0. The minimum atomic E-state index is 0.965. The molecule has 0 radical (unpaired) electrons. The van der Waals surface area contributed by atoms with E-state index in [1.165, 1.54) is 44.2 Å². The van der Waals surface area contributed by atoms with Gasteiger partial charge in [-0.15, -0.1) is 0 Å². The van der Waals surface area contributed by atoms with Gasteiger partial charge < -0.3 is 4.90 Å². The molecular weight excluding hydrogens is 496 g/mol. The third-order valence-electron chi connectivity index (χ3n) is 8.06. The van der Waals surface area contributed by atoms with Crippen LogP contribution in [0.1, 0.15) is 0 Å². The zero-order valence-electron chi connectivity index (χ0n) is 22.4. The number of hydrogen-bond donors (Lipinski definition) is 0. The predicted octanol–water partition coefficient (Wildman–Crippen LogP) is 10.7. The molecule has 1 aromatic heterocycles. The summed E-state index contributed by atoms with van der Waals surface area (Å²) in [7, 11) is 0. The lowest BCUT2D eigenvalue weighted by Crippen LogP contribution is -2.09. The van der Waals surface area contributed by atoms with Gasteiger partial charge in [0, 0.05) is 28.8 Å². The second-order valence-electron chi connectivity index (χ2n) is 10.4. The molecule has 41 heavy (non-hydrogen) atoms. The van der Waals surface area contributed by atoms with Crippen LogP contribution >= 0.6 is 0 Å². The van der Waals surface area contributed by atoms with E-state index in [9.17, 15) is 0 Å². The van der Waals surface area contributed by atoms with Gasteiger partial charge in [0.1, 0.15) is 0 Å². The summed E-state index contributed by atoms with van der Waals surface area (Å²) in [4.78, 5) is 6.88. The van der Waals surface area contributed by atoms with Gasteiger partial charge in [0.05, 0.1) is 5.69 Å². The molecule has 7 aromatic rings. The fourth-order valence-electron chi connectivity index (χ4n) is 6.21. The molecule has 8 rings (SSSR count). The van der Waals surface area contributed by atoms with Crippen molar-refractivity contribution >= 4 is 27.8 Å². The molecule has 2 nitrogen and oxygen atoms in total. The Labute approximate surface area is 239 Å². The molecule has 1 aliphatic rings. The van der Waals surface area contributed by atoms with Crippen LogP contribution in [0.4, 0.5) is 17.1 Å². The Hall–Kier alpha value is -5.47. The van der Waals surface area contributed by atoms with E-state index in [0.29, 0.717) is 0 Å². The molecule has 6 aromatic carbocycles.